The lowest BCUT2D eigenvalue weighted by Crippen LogP contribution is -2.62. The van der Waals surface area contributed by atoms with E-state index in [4.69, 9.17) is 9.47 Å². The number of carbonyl (C=O) groups is 2. The van der Waals surface area contributed by atoms with Gasteiger partial charge in [-0.05, 0) is 68.3 Å². The Morgan fingerprint density at radius 3 is 2.40 bits per heavy atom. The van der Waals surface area contributed by atoms with Crippen molar-refractivity contribution >= 4 is 17.6 Å². The van der Waals surface area contributed by atoms with Gasteiger partial charge in [-0.15, -0.1) is 0 Å². The molecule has 1 aliphatic heterocycles. The largest absolute Gasteiger partial charge is 0.481 e. The predicted molar refractivity (Wildman–Crippen MR) is 143 cm³/mol. The van der Waals surface area contributed by atoms with E-state index in [-0.39, 0.29) is 31.2 Å². The van der Waals surface area contributed by atoms with E-state index in [1.807, 2.05) is 12.1 Å². The van der Waals surface area contributed by atoms with Crippen molar-refractivity contribution in [1.29, 1.82) is 0 Å². The highest BCUT2D eigenvalue weighted by Crippen LogP contribution is 2.33. The van der Waals surface area contributed by atoms with Crippen LogP contribution in [0.5, 0.6) is 11.5 Å². The van der Waals surface area contributed by atoms with Crippen molar-refractivity contribution in [2.45, 2.75) is 37.6 Å². The minimum atomic E-state index is -4.50. The first-order valence-electron chi connectivity index (χ1n) is 13.0. The van der Waals surface area contributed by atoms with E-state index in [1.54, 1.807) is 49.5 Å². The van der Waals surface area contributed by atoms with Gasteiger partial charge < -0.3 is 25.0 Å². The molecule has 1 fully saturated rings. The van der Waals surface area contributed by atoms with Crippen molar-refractivity contribution in [3.63, 3.8) is 0 Å². The van der Waals surface area contributed by atoms with Crippen molar-refractivity contribution in [2.24, 2.45) is 0 Å². The Morgan fingerprint density at radius 2 is 1.73 bits per heavy atom. The van der Waals surface area contributed by atoms with E-state index in [1.165, 1.54) is 17.0 Å². The third-order valence-corrected chi connectivity index (χ3v) is 6.46. The molecule has 2 amide bonds. The van der Waals surface area contributed by atoms with Gasteiger partial charge in [-0.25, -0.2) is 4.98 Å². The second-order valence-corrected chi connectivity index (χ2v) is 9.45. The van der Waals surface area contributed by atoms with Crippen LogP contribution in [-0.2, 0) is 15.8 Å². The molecule has 3 aromatic rings. The minimum absolute atomic E-state index is 0.0884. The summed E-state index contributed by atoms with van der Waals surface area (Å²) in [6.45, 7) is 2.53. The highest BCUT2D eigenvalue weighted by Gasteiger charge is 2.46. The number of benzene rings is 2. The number of nitrogens with zero attached hydrogens (tertiary/aromatic N) is 2. The number of halogens is 3. The lowest BCUT2D eigenvalue weighted by atomic mass is 9.90. The molecule has 1 aliphatic rings. The molecular weight excluding hydrogens is 525 g/mol. The molecule has 2 aromatic carbocycles. The van der Waals surface area contributed by atoms with Crippen molar-refractivity contribution in [1.82, 2.24) is 15.2 Å². The molecule has 2 N–H and O–H groups in total. The summed E-state index contributed by atoms with van der Waals surface area (Å²) in [7, 11) is 0. The first-order chi connectivity index (χ1) is 19.2. The summed E-state index contributed by atoms with van der Waals surface area (Å²) in [5, 5.41) is 5.94. The van der Waals surface area contributed by atoms with Gasteiger partial charge in [0.05, 0.1) is 12.1 Å². The summed E-state index contributed by atoms with van der Waals surface area (Å²) in [5.74, 6) is 0.482. The number of hydrogen-bond acceptors (Lipinski definition) is 6. The lowest BCUT2D eigenvalue weighted by Gasteiger charge is -2.42. The second-order valence-electron chi connectivity index (χ2n) is 9.45. The van der Waals surface area contributed by atoms with Crippen LogP contribution in [-0.4, -0.2) is 59.6 Å². The van der Waals surface area contributed by atoms with Crippen LogP contribution in [0.25, 0.3) is 0 Å². The van der Waals surface area contributed by atoms with Crippen LogP contribution >= 0.6 is 0 Å². The number of likely N-dealkylation sites (tertiary alicyclic amines) is 1. The van der Waals surface area contributed by atoms with E-state index < -0.39 is 29.4 Å². The molecule has 0 radical (unpaired) electrons. The zero-order chi connectivity index (χ0) is 28.6. The Morgan fingerprint density at radius 1 is 1.00 bits per heavy atom. The number of aromatic nitrogens is 1. The van der Waals surface area contributed by atoms with E-state index in [9.17, 15) is 22.8 Å². The van der Waals surface area contributed by atoms with Crippen molar-refractivity contribution in [3.05, 3.63) is 84.6 Å². The Labute approximate surface area is 230 Å². The summed E-state index contributed by atoms with van der Waals surface area (Å²) < 4.78 is 51.1. The van der Waals surface area contributed by atoms with E-state index in [2.05, 4.69) is 15.6 Å². The zero-order valence-corrected chi connectivity index (χ0v) is 22.0. The number of hydrogen-bond donors (Lipinski definition) is 2. The van der Waals surface area contributed by atoms with E-state index >= 15 is 0 Å². The number of carbonyl (C=O) groups excluding carboxylic acids is 2. The van der Waals surface area contributed by atoms with E-state index in [0.29, 0.717) is 31.1 Å². The third kappa shape index (κ3) is 7.43. The molecule has 2 heterocycles. The molecule has 8 nitrogen and oxygen atoms in total. The lowest BCUT2D eigenvalue weighted by molar-refractivity contribution is -0.151. The maximum Gasteiger partial charge on any atom is 0.416 e. The topological polar surface area (TPSA) is 92.8 Å². The zero-order valence-electron chi connectivity index (χ0n) is 22.0. The van der Waals surface area contributed by atoms with Gasteiger partial charge >= 0.3 is 6.18 Å². The maximum absolute atomic E-state index is 13.6. The summed E-state index contributed by atoms with van der Waals surface area (Å²) in [5.41, 5.74) is -2.34. The van der Waals surface area contributed by atoms with Crippen molar-refractivity contribution < 1.29 is 32.2 Å². The number of nitrogens with one attached hydrogen (secondary N) is 2. The summed E-state index contributed by atoms with van der Waals surface area (Å²) in [6.07, 6.45) is -2.97. The Balaban J connectivity index is 1.48. The number of rotatable bonds is 10. The SMILES string of the molecule is CC(Oc1ccccc1)C(=O)N1CCCC(Oc2ccc(C(F)(F)F)cc2)(C(=O)NCCNc2ccccn2)C1. The third-order valence-electron chi connectivity index (χ3n) is 6.46. The fourth-order valence-electron chi connectivity index (χ4n) is 4.47. The van der Waals surface area contributed by atoms with Gasteiger partial charge in [-0.3, -0.25) is 9.59 Å². The molecule has 11 heteroatoms. The van der Waals surface area contributed by atoms with Crippen molar-refractivity contribution in [2.75, 3.05) is 31.5 Å². The Bertz CT molecular complexity index is 1260. The maximum atomic E-state index is 13.6. The average molecular weight is 557 g/mol. The van der Waals surface area contributed by atoms with Crippen LogP contribution in [0.2, 0.25) is 0 Å². The molecule has 212 valence electrons. The average Bonchev–Trinajstić information content (AvgIpc) is 2.96. The van der Waals surface area contributed by atoms with Gasteiger partial charge in [0.2, 0.25) is 5.60 Å². The second kappa shape index (κ2) is 12.7. The highest BCUT2D eigenvalue weighted by atomic mass is 19.4. The molecule has 0 aliphatic carbocycles. The van der Waals surface area contributed by atoms with Crippen LogP contribution in [0.3, 0.4) is 0 Å². The quantitative estimate of drug-likeness (QED) is 0.357. The molecule has 1 saturated heterocycles. The van der Waals surface area contributed by atoms with Crippen LogP contribution < -0.4 is 20.1 Å². The number of pyridine rings is 1. The number of amides is 2. The van der Waals surface area contributed by atoms with Gasteiger partial charge in [0.1, 0.15) is 17.3 Å². The molecule has 2 atom stereocenters. The smallest absolute Gasteiger partial charge is 0.416 e. The van der Waals surface area contributed by atoms with Gasteiger partial charge in [-0.2, -0.15) is 13.2 Å². The molecule has 1 aromatic heterocycles. The fourth-order valence-corrected chi connectivity index (χ4v) is 4.47. The van der Waals surface area contributed by atoms with Crippen molar-refractivity contribution in [3.8, 4) is 11.5 Å². The molecule has 2 unspecified atom stereocenters. The highest BCUT2D eigenvalue weighted by molar-refractivity contribution is 5.88. The summed E-state index contributed by atoms with van der Waals surface area (Å²) >= 11 is 0. The van der Waals surface area contributed by atoms with Gasteiger partial charge in [0.15, 0.2) is 6.10 Å². The monoisotopic (exact) mass is 556 g/mol. The first-order valence-corrected chi connectivity index (χ1v) is 13.0. The summed E-state index contributed by atoms with van der Waals surface area (Å²) in [6, 6.07) is 18.5. The number of para-hydroxylation sites is 1. The van der Waals surface area contributed by atoms with Crippen LogP contribution in [0.1, 0.15) is 25.3 Å². The van der Waals surface area contributed by atoms with Gasteiger partial charge in [0.25, 0.3) is 11.8 Å². The van der Waals surface area contributed by atoms with Crippen LogP contribution in [0.4, 0.5) is 19.0 Å². The minimum Gasteiger partial charge on any atom is -0.481 e. The molecule has 4 rings (SSSR count). The van der Waals surface area contributed by atoms with Crippen LogP contribution in [0.15, 0.2) is 79.0 Å². The number of piperidine rings is 1. The number of ether oxygens (including phenoxy) is 2. The molecule has 0 saturated carbocycles. The Kier molecular flexibility index (Phi) is 9.13. The number of anilines is 1. The van der Waals surface area contributed by atoms with Gasteiger partial charge in [0, 0.05) is 25.8 Å². The molecule has 0 spiro atoms. The summed E-state index contributed by atoms with van der Waals surface area (Å²) in [4.78, 5) is 32.5. The van der Waals surface area contributed by atoms with Gasteiger partial charge in [-0.1, -0.05) is 24.3 Å². The molecule has 40 heavy (non-hydrogen) atoms. The van der Waals surface area contributed by atoms with Crippen LogP contribution in [0, 0.1) is 0 Å². The predicted octanol–water partition coefficient (Wildman–Crippen LogP) is 4.54. The normalized spacial score (nSPS) is 17.9. The Hall–Kier alpha value is -4.28. The standard InChI is InChI=1S/C29H31F3N4O4/c1-21(39-23-8-3-2-4-9-23)26(37)36-19-7-15-28(20-36,40-24-13-11-22(12-14-24)29(30,31)32)27(38)35-18-17-34-25-10-5-6-16-33-25/h2-6,8-14,16,21H,7,15,17-20H2,1H3,(H,33,34)(H,35,38). The first kappa shape index (κ1) is 28.7. The molecular formula is C29H31F3N4O4. The molecule has 0 bridgehead atoms. The number of alkyl halides is 3. The fraction of sp³-hybridized carbons (Fsp3) is 0.345. The van der Waals surface area contributed by atoms with E-state index in [0.717, 1.165) is 12.1 Å².